The zero-order chi connectivity index (χ0) is 19.4. The maximum absolute atomic E-state index is 12.8. The summed E-state index contributed by atoms with van der Waals surface area (Å²) < 4.78 is 38.5. The van der Waals surface area contributed by atoms with Crippen LogP contribution >= 0.6 is 0 Å². The number of halogens is 3. The summed E-state index contributed by atoms with van der Waals surface area (Å²) in [5.74, 6) is 0.307. The van der Waals surface area contributed by atoms with Gasteiger partial charge in [0.2, 0.25) is 11.8 Å². The number of aryl methyl sites for hydroxylation is 1. The molecule has 0 saturated carbocycles. The highest BCUT2D eigenvalue weighted by Crippen LogP contribution is 2.30. The number of rotatable bonds is 5. The Bertz CT molecular complexity index is 690. The van der Waals surface area contributed by atoms with Crippen LogP contribution < -0.4 is 0 Å². The molecular weight excluding hydrogens is 357 g/mol. The molecule has 27 heavy (non-hydrogen) atoms. The van der Waals surface area contributed by atoms with Gasteiger partial charge in [-0.1, -0.05) is 18.2 Å². The van der Waals surface area contributed by atoms with Crippen LogP contribution in [0.5, 0.6) is 0 Å². The monoisotopic (exact) mass is 382 g/mol. The Balaban J connectivity index is 1.51. The molecule has 2 aliphatic rings. The van der Waals surface area contributed by atoms with Gasteiger partial charge in [-0.25, -0.2) is 0 Å². The Labute approximate surface area is 157 Å². The van der Waals surface area contributed by atoms with Crippen molar-refractivity contribution >= 4 is 11.8 Å². The van der Waals surface area contributed by atoms with Crippen LogP contribution in [0.4, 0.5) is 13.2 Å². The van der Waals surface area contributed by atoms with Crippen molar-refractivity contribution in [3.05, 3.63) is 35.4 Å². The smallest absolute Gasteiger partial charge is 0.341 e. The lowest BCUT2D eigenvalue weighted by Gasteiger charge is -2.34. The van der Waals surface area contributed by atoms with E-state index in [1.807, 2.05) is 4.90 Å². The molecule has 0 aromatic heterocycles. The maximum atomic E-state index is 12.8. The van der Waals surface area contributed by atoms with Crippen LogP contribution in [0.1, 0.15) is 43.2 Å². The molecular formula is C20H25F3N2O2. The minimum atomic E-state index is -4.32. The van der Waals surface area contributed by atoms with Crippen LogP contribution in [0.15, 0.2) is 24.3 Å². The van der Waals surface area contributed by atoms with E-state index in [4.69, 9.17) is 0 Å². The lowest BCUT2D eigenvalue weighted by Crippen LogP contribution is -2.45. The second kappa shape index (κ2) is 8.31. The van der Waals surface area contributed by atoms with E-state index >= 15 is 0 Å². The van der Waals surface area contributed by atoms with Gasteiger partial charge < -0.3 is 9.80 Å². The van der Waals surface area contributed by atoms with Gasteiger partial charge in [-0.15, -0.1) is 0 Å². The number of likely N-dealkylation sites (tertiary alicyclic amines) is 2. The summed E-state index contributed by atoms with van der Waals surface area (Å²) in [6.45, 7) is 2.12. The molecule has 2 heterocycles. The number of carbonyl (C=O) groups excluding carboxylic acids is 2. The maximum Gasteiger partial charge on any atom is 0.416 e. The van der Waals surface area contributed by atoms with Crippen LogP contribution in [-0.2, 0) is 22.2 Å². The number of hydrogen-bond donors (Lipinski definition) is 0. The minimum Gasteiger partial charge on any atom is -0.341 e. The molecule has 3 rings (SSSR count). The van der Waals surface area contributed by atoms with Gasteiger partial charge in [-0.2, -0.15) is 13.2 Å². The van der Waals surface area contributed by atoms with Gasteiger partial charge in [0.1, 0.15) is 0 Å². The van der Waals surface area contributed by atoms with Gasteiger partial charge in [0, 0.05) is 26.1 Å². The molecule has 0 aliphatic carbocycles. The van der Waals surface area contributed by atoms with E-state index in [9.17, 15) is 22.8 Å². The molecule has 2 aliphatic heterocycles. The molecule has 1 aromatic carbocycles. The Morgan fingerprint density at radius 1 is 1.19 bits per heavy atom. The Hall–Kier alpha value is -2.05. The number of benzene rings is 1. The van der Waals surface area contributed by atoms with Crippen LogP contribution in [0.2, 0.25) is 0 Å². The van der Waals surface area contributed by atoms with Crippen LogP contribution in [0.25, 0.3) is 0 Å². The van der Waals surface area contributed by atoms with E-state index in [1.165, 1.54) is 12.1 Å². The lowest BCUT2D eigenvalue weighted by atomic mass is 9.91. The summed E-state index contributed by atoms with van der Waals surface area (Å²) in [5.41, 5.74) is 0.0617. The molecule has 4 nitrogen and oxygen atoms in total. The molecule has 1 aromatic rings. The molecule has 0 bridgehead atoms. The van der Waals surface area contributed by atoms with Gasteiger partial charge >= 0.3 is 6.18 Å². The first-order valence-electron chi connectivity index (χ1n) is 9.54. The molecule has 2 fully saturated rings. The largest absolute Gasteiger partial charge is 0.416 e. The third-order valence-electron chi connectivity index (χ3n) is 5.46. The fourth-order valence-electron chi connectivity index (χ4n) is 3.94. The predicted octanol–water partition coefficient (Wildman–Crippen LogP) is 3.50. The van der Waals surface area contributed by atoms with Crippen molar-refractivity contribution in [3.63, 3.8) is 0 Å². The summed E-state index contributed by atoms with van der Waals surface area (Å²) in [4.78, 5) is 27.6. The molecule has 0 radical (unpaired) electrons. The quantitative estimate of drug-likeness (QED) is 0.782. The summed E-state index contributed by atoms with van der Waals surface area (Å²) in [6.07, 6.45) is 0.211. The standard InChI is InChI=1S/C20H25F3N2O2/c21-20(22,23)17-6-1-4-15(12-17)8-9-16-5-2-10-24(13-16)19(27)14-25-11-3-7-18(25)26/h1,4,6,12,16H,2-3,5,7-11,13-14H2/t16-/m1/s1. The van der Waals surface area contributed by atoms with Crippen molar-refractivity contribution in [2.24, 2.45) is 5.92 Å². The fraction of sp³-hybridized carbons (Fsp3) is 0.600. The molecule has 0 unspecified atom stereocenters. The van der Waals surface area contributed by atoms with Gasteiger partial charge in [-0.3, -0.25) is 9.59 Å². The molecule has 0 N–H and O–H groups in total. The van der Waals surface area contributed by atoms with E-state index in [0.717, 1.165) is 31.7 Å². The van der Waals surface area contributed by atoms with E-state index in [0.29, 0.717) is 38.0 Å². The number of alkyl halides is 3. The molecule has 148 valence electrons. The Kier molecular flexibility index (Phi) is 6.07. The first-order chi connectivity index (χ1) is 12.8. The van der Waals surface area contributed by atoms with E-state index < -0.39 is 11.7 Å². The van der Waals surface area contributed by atoms with Crippen LogP contribution in [-0.4, -0.2) is 47.8 Å². The van der Waals surface area contributed by atoms with Crippen molar-refractivity contribution in [1.82, 2.24) is 9.80 Å². The average Bonchev–Trinajstić information content (AvgIpc) is 3.04. The van der Waals surface area contributed by atoms with E-state index in [1.54, 1.807) is 11.0 Å². The van der Waals surface area contributed by atoms with Gasteiger partial charge in [0.25, 0.3) is 0 Å². The Morgan fingerprint density at radius 2 is 2.00 bits per heavy atom. The number of nitrogens with zero attached hydrogens (tertiary/aromatic N) is 2. The Morgan fingerprint density at radius 3 is 2.70 bits per heavy atom. The SMILES string of the molecule is O=C1CCCN1CC(=O)N1CCC[C@H](CCc2cccc(C(F)(F)F)c2)C1. The second-order valence-electron chi connectivity index (χ2n) is 7.50. The number of piperidine rings is 1. The average molecular weight is 382 g/mol. The second-order valence-corrected chi connectivity index (χ2v) is 7.50. The third-order valence-corrected chi connectivity index (χ3v) is 5.46. The first-order valence-corrected chi connectivity index (χ1v) is 9.54. The normalized spacial score (nSPS) is 21.0. The van der Waals surface area contributed by atoms with Gasteiger partial charge in [0.15, 0.2) is 0 Å². The number of amides is 2. The minimum absolute atomic E-state index is 0.0194. The van der Waals surface area contributed by atoms with Crippen molar-refractivity contribution in [3.8, 4) is 0 Å². The summed E-state index contributed by atoms with van der Waals surface area (Å²) >= 11 is 0. The molecule has 2 amide bonds. The van der Waals surface area contributed by atoms with E-state index in [-0.39, 0.29) is 24.3 Å². The van der Waals surface area contributed by atoms with E-state index in [2.05, 4.69) is 0 Å². The summed E-state index contributed by atoms with van der Waals surface area (Å²) in [6, 6.07) is 5.47. The fourth-order valence-corrected chi connectivity index (χ4v) is 3.94. The molecule has 0 spiro atoms. The predicted molar refractivity (Wildman–Crippen MR) is 94.9 cm³/mol. The summed E-state index contributed by atoms with van der Waals surface area (Å²) in [5, 5.41) is 0. The molecule has 2 saturated heterocycles. The van der Waals surface area contributed by atoms with Crippen molar-refractivity contribution in [2.75, 3.05) is 26.2 Å². The first kappa shape index (κ1) is 19.7. The third kappa shape index (κ3) is 5.23. The zero-order valence-electron chi connectivity index (χ0n) is 15.3. The zero-order valence-corrected chi connectivity index (χ0v) is 15.3. The topological polar surface area (TPSA) is 40.6 Å². The highest BCUT2D eigenvalue weighted by atomic mass is 19.4. The summed E-state index contributed by atoms with van der Waals surface area (Å²) in [7, 11) is 0. The molecule has 7 heteroatoms. The lowest BCUT2D eigenvalue weighted by molar-refractivity contribution is -0.139. The highest BCUT2D eigenvalue weighted by molar-refractivity contribution is 5.85. The van der Waals surface area contributed by atoms with Gasteiger partial charge in [0.05, 0.1) is 12.1 Å². The van der Waals surface area contributed by atoms with Crippen LogP contribution in [0, 0.1) is 5.92 Å². The van der Waals surface area contributed by atoms with Crippen molar-refractivity contribution in [2.45, 2.75) is 44.7 Å². The van der Waals surface area contributed by atoms with Gasteiger partial charge in [-0.05, 0) is 49.7 Å². The highest BCUT2D eigenvalue weighted by Gasteiger charge is 2.31. The van der Waals surface area contributed by atoms with Crippen molar-refractivity contribution < 1.29 is 22.8 Å². The van der Waals surface area contributed by atoms with Crippen molar-refractivity contribution in [1.29, 1.82) is 0 Å². The number of carbonyl (C=O) groups is 2. The molecule has 1 atom stereocenters. The van der Waals surface area contributed by atoms with Crippen LogP contribution in [0.3, 0.4) is 0 Å². The number of hydrogen-bond acceptors (Lipinski definition) is 2.